The fraction of sp³-hybridized carbons (Fsp3) is 0.250. The fourth-order valence-electron chi connectivity index (χ4n) is 3.40. The quantitative estimate of drug-likeness (QED) is 0.724. The zero-order valence-electron chi connectivity index (χ0n) is 14.7. The van der Waals surface area contributed by atoms with Crippen molar-refractivity contribution >= 4 is 11.8 Å². The molecule has 6 heteroatoms. The molecule has 1 aliphatic heterocycles. The molecule has 0 aliphatic carbocycles. The van der Waals surface area contributed by atoms with E-state index in [1.54, 1.807) is 11.8 Å². The Morgan fingerprint density at radius 1 is 1.27 bits per heavy atom. The van der Waals surface area contributed by atoms with Gasteiger partial charge in [-0.3, -0.25) is 4.98 Å². The van der Waals surface area contributed by atoms with E-state index in [-0.39, 0.29) is 16.8 Å². The first-order chi connectivity index (χ1) is 12.6. The Hall–Kier alpha value is -2.60. The minimum Gasteiger partial charge on any atom is -0.477 e. The van der Waals surface area contributed by atoms with Gasteiger partial charge >= 0.3 is 5.56 Å². The van der Waals surface area contributed by atoms with Gasteiger partial charge in [-0.2, -0.15) is 9.13 Å². The Morgan fingerprint density at radius 2 is 2.04 bits per heavy atom. The van der Waals surface area contributed by atoms with E-state index in [9.17, 15) is 9.90 Å². The van der Waals surface area contributed by atoms with Crippen molar-refractivity contribution < 1.29 is 9.67 Å². The number of rotatable bonds is 3. The zero-order chi connectivity index (χ0) is 18.3. The van der Waals surface area contributed by atoms with Gasteiger partial charge in [0.2, 0.25) is 0 Å². The minimum atomic E-state index is -0.163. The van der Waals surface area contributed by atoms with Gasteiger partial charge in [0.15, 0.2) is 10.9 Å². The SMILES string of the molecule is CC[n+]1c(O)c(-c2ccccc2)c(=O)n2c1CSC2c1ccc(C)nc1. The Balaban J connectivity index is 1.97. The highest BCUT2D eigenvalue weighted by atomic mass is 32.2. The van der Waals surface area contributed by atoms with E-state index >= 15 is 0 Å². The first-order valence-corrected chi connectivity index (χ1v) is 9.66. The molecule has 1 aromatic carbocycles. The summed E-state index contributed by atoms with van der Waals surface area (Å²) in [5.41, 5.74) is 2.86. The van der Waals surface area contributed by atoms with Crippen molar-refractivity contribution in [2.45, 2.75) is 31.5 Å². The van der Waals surface area contributed by atoms with E-state index in [0.29, 0.717) is 17.9 Å². The summed E-state index contributed by atoms with van der Waals surface area (Å²) in [4.78, 5) is 17.7. The van der Waals surface area contributed by atoms with Crippen molar-refractivity contribution in [1.82, 2.24) is 9.55 Å². The second-order valence-electron chi connectivity index (χ2n) is 6.30. The van der Waals surface area contributed by atoms with Gasteiger partial charge in [0.05, 0.1) is 12.3 Å². The number of benzene rings is 1. The number of thioether (sulfide) groups is 1. The maximum Gasteiger partial charge on any atom is 0.350 e. The lowest BCUT2D eigenvalue weighted by Crippen LogP contribution is -2.44. The van der Waals surface area contributed by atoms with E-state index in [0.717, 1.165) is 22.6 Å². The first-order valence-electron chi connectivity index (χ1n) is 8.61. The summed E-state index contributed by atoms with van der Waals surface area (Å²) in [6.45, 7) is 4.52. The van der Waals surface area contributed by atoms with Crippen LogP contribution in [0, 0.1) is 6.92 Å². The van der Waals surface area contributed by atoms with Crippen LogP contribution in [0.4, 0.5) is 0 Å². The molecule has 3 aromatic rings. The van der Waals surface area contributed by atoms with E-state index in [2.05, 4.69) is 4.98 Å². The highest BCUT2D eigenvalue weighted by molar-refractivity contribution is 7.98. The highest BCUT2D eigenvalue weighted by Gasteiger charge is 2.39. The Labute approximate surface area is 156 Å². The minimum absolute atomic E-state index is 0.0400. The van der Waals surface area contributed by atoms with Crippen molar-refractivity contribution in [2.75, 3.05) is 0 Å². The average Bonchev–Trinajstić information content (AvgIpc) is 3.09. The molecule has 1 unspecified atom stereocenters. The summed E-state index contributed by atoms with van der Waals surface area (Å²) in [5.74, 6) is 1.55. The van der Waals surface area contributed by atoms with Crippen molar-refractivity contribution in [1.29, 1.82) is 0 Å². The lowest BCUT2D eigenvalue weighted by atomic mass is 10.1. The van der Waals surface area contributed by atoms with Crippen LogP contribution in [0.1, 0.15) is 29.4 Å². The summed E-state index contributed by atoms with van der Waals surface area (Å²) < 4.78 is 3.64. The van der Waals surface area contributed by atoms with Gasteiger partial charge in [-0.1, -0.05) is 48.2 Å². The van der Waals surface area contributed by atoms with Crippen LogP contribution in [0.15, 0.2) is 53.5 Å². The van der Waals surface area contributed by atoms with Gasteiger partial charge < -0.3 is 5.11 Å². The largest absolute Gasteiger partial charge is 0.477 e. The molecule has 0 fully saturated rings. The molecular weight excluding hydrogens is 346 g/mol. The third-order valence-electron chi connectivity index (χ3n) is 4.70. The fourth-order valence-corrected chi connectivity index (χ4v) is 4.70. The van der Waals surface area contributed by atoms with Crippen molar-refractivity contribution in [3.8, 4) is 17.0 Å². The molecule has 0 saturated carbocycles. The summed E-state index contributed by atoms with van der Waals surface area (Å²) in [7, 11) is 0. The standard InChI is InChI=1S/C20H19N3O2S/c1-3-22-16-12-26-20(15-10-9-13(2)21-11-15)23(16)19(25)17(18(22)24)14-7-5-4-6-8-14/h4-11,20H,3,12H2,1-2H3/p+1. The lowest BCUT2D eigenvalue weighted by molar-refractivity contribution is -0.709. The number of pyridine rings is 1. The second kappa shape index (κ2) is 6.61. The molecule has 2 aromatic heterocycles. The molecule has 1 atom stereocenters. The topological polar surface area (TPSA) is 59.0 Å². The monoisotopic (exact) mass is 366 g/mol. The van der Waals surface area contributed by atoms with Crippen LogP contribution in [-0.4, -0.2) is 14.7 Å². The van der Waals surface area contributed by atoms with E-state index in [1.165, 1.54) is 0 Å². The maximum atomic E-state index is 13.4. The van der Waals surface area contributed by atoms with Gasteiger partial charge in [-0.05, 0) is 25.5 Å². The number of hydrogen-bond donors (Lipinski definition) is 1. The van der Waals surface area contributed by atoms with Gasteiger partial charge in [0.25, 0.3) is 11.7 Å². The third-order valence-corrected chi connectivity index (χ3v) is 5.93. The number of aryl methyl sites for hydroxylation is 1. The molecule has 26 heavy (non-hydrogen) atoms. The molecule has 0 amide bonds. The highest BCUT2D eigenvalue weighted by Crippen LogP contribution is 2.39. The number of aromatic nitrogens is 3. The molecule has 1 N–H and O–H groups in total. The predicted octanol–water partition coefficient (Wildman–Crippen LogP) is 3.03. The van der Waals surface area contributed by atoms with E-state index in [1.807, 2.05) is 71.6 Å². The van der Waals surface area contributed by atoms with Gasteiger partial charge in [0, 0.05) is 17.5 Å². The number of fused-ring (bicyclic) bond motifs is 1. The summed E-state index contributed by atoms with van der Waals surface area (Å²) in [6, 6.07) is 13.3. The van der Waals surface area contributed by atoms with Crippen molar-refractivity contribution in [3.05, 3.63) is 76.1 Å². The molecule has 1 aliphatic rings. The summed E-state index contributed by atoms with van der Waals surface area (Å²) in [5, 5.41) is 10.7. The van der Waals surface area contributed by atoms with Crippen LogP contribution in [0.2, 0.25) is 0 Å². The van der Waals surface area contributed by atoms with Crippen LogP contribution in [0.3, 0.4) is 0 Å². The van der Waals surface area contributed by atoms with Gasteiger partial charge in [-0.15, -0.1) is 0 Å². The number of nitrogens with zero attached hydrogens (tertiary/aromatic N) is 3. The molecule has 132 valence electrons. The van der Waals surface area contributed by atoms with Crippen LogP contribution in [0.25, 0.3) is 11.1 Å². The van der Waals surface area contributed by atoms with E-state index < -0.39 is 0 Å². The van der Waals surface area contributed by atoms with Crippen LogP contribution in [0.5, 0.6) is 5.88 Å². The first kappa shape index (κ1) is 16.8. The molecule has 5 nitrogen and oxygen atoms in total. The van der Waals surface area contributed by atoms with Gasteiger partial charge in [-0.25, -0.2) is 4.79 Å². The smallest absolute Gasteiger partial charge is 0.350 e. The lowest BCUT2D eigenvalue weighted by Gasteiger charge is -2.13. The zero-order valence-corrected chi connectivity index (χ0v) is 15.5. The molecule has 4 rings (SSSR count). The molecule has 0 radical (unpaired) electrons. The summed E-state index contributed by atoms with van der Waals surface area (Å²) >= 11 is 1.68. The predicted molar refractivity (Wildman–Crippen MR) is 102 cm³/mol. The van der Waals surface area contributed by atoms with Crippen molar-refractivity contribution in [2.24, 2.45) is 0 Å². The Kier molecular flexibility index (Phi) is 4.28. The van der Waals surface area contributed by atoms with Crippen LogP contribution < -0.4 is 10.1 Å². The molecule has 0 bridgehead atoms. The Morgan fingerprint density at radius 3 is 2.69 bits per heavy atom. The van der Waals surface area contributed by atoms with Gasteiger partial charge in [0.1, 0.15) is 0 Å². The number of hydrogen-bond acceptors (Lipinski definition) is 4. The number of aromatic hydroxyl groups is 1. The average molecular weight is 366 g/mol. The molecule has 3 heterocycles. The van der Waals surface area contributed by atoms with Crippen LogP contribution in [-0.2, 0) is 12.3 Å². The summed E-state index contributed by atoms with van der Waals surface area (Å²) in [6.07, 6.45) is 1.83. The Bertz CT molecular complexity index is 1010. The second-order valence-corrected chi connectivity index (χ2v) is 7.37. The normalized spacial score (nSPS) is 15.8. The molecule has 0 spiro atoms. The molecular formula is C20H20N3O2S+. The molecule has 0 saturated heterocycles. The maximum absolute atomic E-state index is 13.4. The van der Waals surface area contributed by atoms with E-state index in [4.69, 9.17) is 0 Å². The van der Waals surface area contributed by atoms with Crippen molar-refractivity contribution in [3.63, 3.8) is 0 Å². The van der Waals surface area contributed by atoms with Crippen LogP contribution >= 0.6 is 11.8 Å². The third kappa shape index (κ3) is 2.61.